The highest BCUT2D eigenvalue weighted by molar-refractivity contribution is 7.19. The molecule has 0 atom stereocenters. The zero-order valence-electron chi connectivity index (χ0n) is 11.9. The van der Waals surface area contributed by atoms with Gasteiger partial charge >= 0.3 is 0 Å². The molecule has 2 aromatic heterocycles. The van der Waals surface area contributed by atoms with Crippen LogP contribution in [0, 0.1) is 0 Å². The molecule has 0 amide bonds. The van der Waals surface area contributed by atoms with Crippen LogP contribution < -0.4 is 4.90 Å². The fraction of sp³-hybridized carbons (Fsp3) is 0.600. The molecule has 2 heterocycles. The summed E-state index contributed by atoms with van der Waals surface area (Å²) in [4.78, 5) is 13.8. The van der Waals surface area contributed by atoms with Gasteiger partial charge in [0.15, 0.2) is 0 Å². The standard InChI is InChI=1S/C15H21N3OS/c1-2-7-18(8-9-19)14-13-11-5-3-4-6-12(11)20-15(13)17-10-16-14/h10,19H,2-9H2,1H3. The number of rotatable bonds is 5. The summed E-state index contributed by atoms with van der Waals surface area (Å²) in [5, 5.41) is 10.5. The number of nitrogens with zero attached hydrogens (tertiary/aromatic N) is 3. The number of aryl methyl sites for hydroxylation is 2. The highest BCUT2D eigenvalue weighted by Gasteiger charge is 2.21. The number of thiophene rings is 1. The maximum atomic E-state index is 9.30. The van der Waals surface area contributed by atoms with Crippen LogP contribution in [0.3, 0.4) is 0 Å². The second kappa shape index (κ2) is 6.06. The summed E-state index contributed by atoms with van der Waals surface area (Å²) in [7, 11) is 0. The van der Waals surface area contributed by atoms with Crippen LogP contribution in [0.1, 0.15) is 36.6 Å². The van der Waals surface area contributed by atoms with Gasteiger partial charge in [0.05, 0.1) is 12.0 Å². The molecule has 0 unspecified atom stereocenters. The lowest BCUT2D eigenvalue weighted by Crippen LogP contribution is -2.28. The van der Waals surface area contributed by atoms with Crippen molar-refractivity contribution in [2.75, 3.05) is 24.6 Å². The first-order valence-electron chi connectivity index (χ1n) is 7.46. The Morgan fingerprint density at radius 2 is 2.10 bits per heavy atom. The number of fused-ring (bicyclic) bond motifs is 3. The van der Waals surface area contributed by atoms with Crippen LogP contribution in [0.5, 0.6) is 0 Å². The maximum Gasteiger partial charge on any atom is 0.141 e. The summed E-state index contributed by atoms with van der Waals surface area (Å²) in [5.74, 6) is 1.02. The molecule has 3 rings (SSSR count). The van der Waals surface area contributed by atoms with E-state index in [4.69, 9.17) is 0 Å². The van der Waals surface area contributed by atoms with E-state index < -0.39 is 0 Å². The Kier molecular flexibility index (Phi) is 4.17. The van der Waals surface area contributed by atoms with E-state index >= 15 is 0 Å². The minimum Gasteiger partial charge on any atom is -0.395 e. The summed E-state index contributed by atoms with van der Waals surface area (Å²) >= 11 is 1.83. The molecule has 5 heteroatoms. The van der Waals surface area contributed by atoms with Gasteiger partial charge in [-0.2, -0.15) is 0 Å². The SMILES string of the molecule is CCCN(CCO)c1ncnc2sc3c(c12)CCCC3. The second-order valence-corrected chi connectivity index (χ2v) is 6.38. The minimum absolute atomic E-state index is 0.165. The third-order valence-corrected chi connectivity index (χ3v) is 5.09. The Morgan fingerprint density at radius 1 is 1.25 bits per heavy atom. The van der Waals surface area contributed by atoms with E-state index in [2.05, 4.69) is 21.8 Å². The van der Waals surface area contributed by atoms with Gasteiger partial charge in [0.25, 0.3) is 0 Å². The highest BCUT2D eigenvalue weighted by atomic mass is 32.1. The van der Waals surface area contributed by atoms with Crippen molar-refractivity contribution in [1.82, 2.24) is 9.97 Å². The fourth-order valence-corrected chi connectivity index (χ4v) is 4.25. The topological polar surface area (TPSA) is 49.2 Å². The summed E-state index contributed by atoms with van der Waals surface area (Å²) in [6.07, 6.45) is 7.61. The first kappa shape index (κ1) is 13.8. The van der Waals surface area contributed by atoms with Crippen molar-refractivity contribution in [3.8, 4) is 0 Å². The van der Waals surface area contributed by atoms with Crippen LogP contribution in [0.25, 0.3) is 10.2 Å². The van der Waals surface area contributed by atoms with Crippen LogP contribution in [0.4, 0.5) is 5.82 Å². The van der Waals surface area contributed by atoms with Crippen molar-refractivity contribution in [2.45, 2.75) is 39.0 Å². The molecule has 0 bridgehead atoms. The van der Waals surface area contributed by atoms with Crippen molar-refractivity contribution >= 4 is 27.4 Å². The van der Waals surface area contributed by atoms with Crippen molar-refractivity contribution in [3.63, 3.8) is 0 Å². The van der Waals surface area contributed by atoms with Gasteiger partial charge in [0, 0.05) is 18.0 Å². The summed E-state index contributed by atoms with van der Waals surface area (Å²) in [5.41, 5.74) is 1.46. The van der Waals surface area contributed by atoms with Crippen LogP contribution in [-0.2, 0) is 12.8 Å². The van der Waals surface area contributed by atoms with Gasteiger partial charge in [-0.25, -0.2) is 9.97 Å². The third kappa shape index (κ3) is 2.40. The molecule has 20 heavy (non-hydrogen) atoms. The quantitative estimate of drug-likeness (QED) is 0.920. The molecule has 0 aromatic carbocycles. The van der Waals surface area contributed by atoms with Gasteiger partial charge in [-0.15, -0.1) is 11.3 Å². The molecule has 0 saturated carbocycles. The molecule has 0 aliphatic heterocycles. The lowest BCUT2D eigenvalue weighted by molar-refractivity contribution is 0.301. The molecule has 0 spiro atoms. The number of anilines is 1. The lowest BCUT2D eigenvalue weighted by atomic mass is 9.97. The Balaban J connectivity index is 2.11. The molecule has 4 nitrogen and oxygen atoms in total. The molecule has 1 aliphatic rings. The molecule has 1 N–H and O–H groups in total. The van der Waals surface area contributed by atoms with Crippen LogP contribution in [-0.4, -0.2) is 34.8 Å². The van der Waals surface area contributed by atoms with Crippen molar-refractivity contribution < 1.29 is 5.11 Å². The first-order valence-corrected chi connectivity index (χ1v) is 8.27. The molecule has 0 fully saturated rings. The molecule has 108 valence electrons. The Bertz CT molecular complexity index is 590. The highest BCUT2D eigenvalue weighted by Crippen LogP contribution is 2.39. The Morgan fingerprint density at radius 3 is 2.90 bits per heavy atom. The number of hydrogen-bond acceptors (Lipinski definition) is 5. The molecule has 2 aromatic rings. The zero-order valence-corrected chi connectivity index (χ0v) is 12.7. The zero-order chi connectivity index (χ0) is 13.9. The van der Waals surface area contributed by atoms with Crippen molar-refractivity contribution in [2.24, 2.45) is 0 Å². The predicted octanol–water partition coefficient (Wildman–Crippen LogP) is 2.78. The summed E-state index contributed by atoms with van der Waals surface area (Å²) in [6, 6.07) is 0. The van der Waals surface area contributed by atoms with Crippen LogP contribution in [0.2, 0.25) is 0 Å². The van der Waals surface area contributed by atoms with E-state index in [1.165, 1.54) is 35.1 Å². The number of aliphatic hydroxyl groups excluding tert-OH is 1. The van der Waals surface area contributed by atoms with E-state index in [1.807, 2.05) is 11.3 Å². The number of aliphatic hydroxyl groups is 1. The minimum atomic E-state index is 0.165. The lowest BCUT2D eigenvalue weighted by Gasteiger charge is -2.23. The largest absolute Gasteiger partial charge is 0.395 e. The van der Waals surface area contributed by atoms with Gasteiger partial charge in [-0.1, -0.05) is 6.92 Å². The predicted molar refractivity (Wildman–Crippen MR) is 83.6 cm³/mol. The normalized spacial score (nSPS) is 14.5. The summed E-state index contributed by atoms with van der Waals surface area (Å²) in [6.45, 7) is 3.89. The van der Waals surface area contributed by atoms with E-state index in [1.54, 1.807) is 6.33 Å². The van der Waals surface area contributed by atoms with Gasteiger partial charge in [-0.05, 0) is 37.7 Å². The van der Waals surface area contributed by atoms with Crippen LogP contribution >= 0.6 is 11.3 Å². The van der Waals surface area contributed by atoms with Gasteiger partial charge in [0.2, 0.25) is 0 Å². The van der Waals surface area contributed by atoms with Gasteiger partial charge in [-0.3, -0.25) is 0 Å². The third-order valence-electron chi connectivity index (χ3n) is 3.89. The summed E-state index contributed by atoms with van der Waals surface area (Å²) < 4.78 is 0. The molecule has 0 radical (unpaired) electrons. The van der Waals surface area contributed by atoms with E-state index in [-0.39, 0.29) is 6.61 Å². The first-order chi connectivity index (χ1) is 9.85. The maximum absolute atomic E-state index is 9.30. The average Bonchev–Trinajstić information content (AvgIpc) is 2.85. The van der Waals surface area contributed by atoms with Crippen LogP contribution in [0.15, 0.2) is 6.33 Å². The molecule has 1 aliphatic carbocycles. The van der Waals surface area contributed by atoms with Crippen molar-refractivity contribution in [1.29, 1.82) is 0 Å². The number of hydrogen-bond donors (Lipinski definition) is 1. The van der Waals surface area contributed by atoms with E-state index in [0.29, 0.717) is 6.54 Å². The average molecular weight is 291 g/mol. The Hall–Kier alpha value is -1.20. The van der Waals surface area contributed by atoms with Gasteiger partial charge in [0.1, 0.15) is 17.0 Å². The molecular formula is C15H21N3OS. The Labute approximate surface area is 123 Å². The molecular weight excluding hydrogens is 270 g/mol. The van der Waals surface area contributed by atoms with Crippen molar-refractivity contribution in [3.05, 3.63) is 16.8 Å². The fourth-order valence-electron chi connectivity index (χ4n) is 3.03. The van der Waals surface area contributed by atoms with Gasteiger partial charge < -0.3 is 10.0 Å². The monoisotopic (exact) mass is 291 g/mol. The second-order valence-electron chi connectivity index (χ2n) is 5.30. The smallest absolute Gasteiger partial charge is 0.141 e. The van der Waals surface area contributed by atoms with E-state index in [9.17, 15) is 5.11 Å². The number of aromatic nitrogens is 2. The molecule has 0 saturated heterocycles. The van der Waals surface area contributed by atoms with E-state index in [0.717, 1.165) is 30.0 Å².